The highest BCUT2D eigenvalue weighted by Crippen LogP contribution is 2.52. The van der Waals surface area contributed by atoms with Crippen LogP contribution >= 0.6 is 30.2 Å². The number of aliphatic hydroxyl groups is 1. The summed E-state index contributed by atoms with van der Waals surface area (Å²) in [6.45, 7) is 2.13. The maximum Gasteiger partial charge on any atom is 0.333 e. The molecule has 3 aliphatic rings. The average Bonchev–Trinajstić information content (AvgIpc) is 2.77. The predicted octanol–water partition coefficient (Wildman–Crippen LogP) is 1.07. The van der Waals surface area contributed by atoms with Crippen molar-refractivity contribution < 1.29 is 28.2 Å². The lowest BCUT2D eigenvalue weighted by atomic mass is 9.82. The van der Waals surface area contributed by atoms with Crippen LogP contribution in [0, 0.1) is 12.3 Å². The van der Waals surface area contributed by atoms with E-state index in [-0.39, 0.29) is 31.5 Å². The Morgan fingerprint density at radius 1 is 1.43 bits per heavy atom. The fourth-order valence-electron chi connectivity index (χ4n) is 2.51. The van der Waals surface area contributed by atoms with Crippen LogP contribution in [0.4, 0.5) is 0 Å². The first-order valence-electron chi connectivity index (χ1n) is 7.22. The molecule has 3 heterocycles. The first-order chi connectivity index (χ1) is 11.0. The van der Waals surface area contributed by atoms with Crippen molar-refractivity contribution in [3.8, 4) is 12.3 Å². The lowest BCUT2D eigenvalue weighted by molar-refractivity contribution is -0.0752. The van der Waals surface area contributed by atoms with E-state index in [0.29, 0.717) is 0 Å². The molecule has 0 aromatic rings. The van der Waals surface area contributed by atoms with Crippen LogP contribution in [-0.4, -0.2) is 73.7 Å². The lowest BCUT2D eigenvalue weighted by Gasteiger charge is -2.37. The van der Waals surface area contributed by atoms with Crippen LogP contribution in [0.25, 0.3) is 0 Å². The zero-order valence-electron chi connectivity index (χ0n) is 12.6. The van der Waals surface area contributed by atoms with Gasteiger partial charge in [-0.05, 0) is 6.92 Å². The summed E-state index contributed by atoms with van der Waals surface area (Å²) in [6, 6.07) is -0.801. The Labute approximate surface area is 146 Å². The van der Waals surface area contributed by atoms with E-state index in [4.69, 9.17) is 37.3 Å². The van der Waals surface area contributed by atoms with Gasteiger partial charge in [0.25, 0.3) is 0 Å². The van der Waals surface area contributed by atoms with Gasteiger partial charge in [0.15, 0.2) is 0 Å². The van der Waals surface area contributed by atoms with Gasteiger partial charge in [-0.2, -0.15) is 0 Å². The third-order valence-corrected chi connectivity index (χ3v) is 7.53. The number of fused-ring (bicyclic) bond motifs is 1. The molecule has 3 fully saturated rings. The Morgan fingerprint density at radius 2 is 2.17 bits per heavy atom. The van der Waals surface area contributed by atoms with Gasteiger partial charge in [-0.25, -0.2) is 0 Å². The molecule has 0 unspecified atom stereocenters. The molecule has 2 radical (unpaired) electrons. The smallest absolute Gasteiger partial charge is 0.333 e. The van der Waals surface area contributed by atoms with Crippen molar-refractivity contribution in [3.05, 3.63) is 0 Å². The van der Waals surface area contributed by atoms with Crippen molar-refractivity contribution in [2.24, 2.45) is 0 Å². The molecule has 0 aromatic carbocycles. The van der Waals surface area contributed by atoms with Gasteiger partial charge in [-0.15, -0.1) is 6.42 Å². The van der Waals surface area contributed by atoms with Crippen molar-refractivity contribution in [2.75, 3.05) is 24.7 Å². The minimum atomic E-state index is -1.60. The van der Waals surface area contributed by atoms with Gasteiger partial charge in [0, 0.05) is 17.5 Å². The zero-order valence-corrected chi connectivity index (χ0v) is 15.1. The van der Waals surface area contributed by atoms with Crippen LogP contribution < -0.4 is 0 Å². The molecule has 0 aliphatic carbocycles. The highest BCUT2D eigenvalue weighted by Gasteiger charge is 2.55. The topological polar surface area (TPSA) is 66.4 Å². The van der Waals surface area contributed by atoms with Crippen LogP contribution in [0.5, 0.6) is 0 Å². The van der Waals surface area contributed by atoms with Gasteiger partial charge in [-0.1, -0.05) is 27.5 Å². The van der Waals surface area contributed by atoms with Crippen molar-refractivity contribution in [3.63, 3.8) is 0 Å². The largest absolute Gasteiger partial charge is 0.385 e. The normalized spacial score (nSPS) is 47.0. The zero-order chi connectivity index (χ0) is 16.4. The Morgan fingerprint density at radius 3 is 2.91 bits per heavy atom. The maximum atomic E-state index is 10.4. The van der Waals surface area contributed by atoms with Gasteiger partial charge >= 0.3 is 8.60 Å². The fourth-order valence-corrected chi connectivity index (χ4v) is 6.46. The molecule has 7 atom stereocenters. The van der Waals surface area contributed by atoms with Gasteiger partial charge in [0.05, 0.1) is 12.7 Å². The third-order valence-electron chi connectivity index (χ3n) is 3.92. The summed E-state index contributed by atoms with van der Waals surface area (Å²) in [4.78, 5) is 0. The summed E-state index contributed by atoms with van der Waals surface area (Å²) >= 11 is 0. The maximum absolute atomic E-state index is 10.4. The lowest BCUT2D eigenvalue weighted by Crippen LogP contribution is -2.49. The van der Waals surface area contributed by atoms with Crippen molar-refractivity contribution in [1.29, 1.82) is 0 Å². The van der Waals surface area contributed by atoms with E-state index >= 15 is 0 Å². The molecule has 6 nitrogen and oxygen atoms in total. The minimum Gasteiger partial charge on any atom is -0.385 e. The van der Waals surface area contributed by atoms with E-state index in [1.807, 2.05) is 0 Å². The number of hydrogen-bond donors (Lipinski definition) is 1. The molecular weight excluding hydrogens is 358 g/mol. The molecule has 10 heteroatoms. The summed E-state index contributed by atoms with van der Waals surface area (Å²) in [5.74, 6) is 4.02. The quantitative estimate of drug-likeness (QED) is 0.338. The highest BCUT2D eigenvalue weighted by atomic mass is 33.1. The second kappa shape index (κ2) is 7.82. The highest BCUT2D eigenvalue weighted by molar-refractivity contribution is 8.76. The van der Waals surface area contributed by atoms with E-state index in [2.05, 4.69) is 5.92 Å². The van der Waals surface area contributed by atoms with Gasteiger partial charge in [0.1, 0.15) is 38.4 Å². The number of rotatable bonds is 4. The molecular formula is C13H18BO6PS2. The van der Waals surface area contributed by atoms with Crippen LogP contribution in [0.2, 0.25) is 0 Å². The number of ether oxygens (including phenoxy) is 2. The molecule has 1 N–H and O–H groups in total. The Balaban J connectivity index is 1.59. The van der Waals surface area contributed by atoms with Crippen LogP contribution in [0.3, 0.4) is 0 Å². The molecule has 3 rings (SSSR count). The summed E-state index contributed by atoms with van der Waals surface area (Å²) < 4.78 is 28.5. The van der Waals surface area contributed by atoms with E-state index in [1.165, 1.54) is 0 Å². The molecule has 0 amide bonds. The summed E-state index contributed by atoms with van der Waals surface area (Å²) in [5, 5.41) is 10.4. The summed E-state index contributed by atoms with van der Waals surface area (Å²) in [6.07, 6.45) is 4.03. The Kier molecular flexibility index (Phi) is 6.22. The summed E-state index contributed by atoms with van der Waals surface area (Å²) in [5.41, 5.74) is -1.27. The van der Waals surface area contributed by atoms with Crippen molar-refractivity contribution in [1.82, 2.24) is 0 Å². The van der Waals surface area contributed by atoms with E-state index in [0.717, 1.165) is 11.5 Å². The summed E-state index contributed by atoms with van der Waals surface area (Å²) in [7, 11) is 7.64. The van der Waals surface area contributed by atoms with Gasteiger partial charge in [-0.3, -0.25) is 0 Å². The minimum absolute atomic E-state index is 0.104. The molecule has 23 heavy (non-hydrogen) atoms. The fraction of sp³-hybridized carbons (Fsp3) is 0.846. The van der Waals surface area contributed by atoms with E-state index in [1.54, 1.807) is 28.5 Å². The average molecular weight is 376 g/mol. The molecule has 3 saturated heterocycles. The standard InChI is InChI=1S/C13H18BO6PS2/c1-3-4-16-9-6-22-23-7-10(9)19-21-17-5-8-11(20-21)13(2,15)12(14)18-8/h1,8-12,15H,4-7H2,2H3/t8-,9-,10-,11-,12-,13-,21-/m1/s1. The predicted molar refractivity (Wildman–Crippen MR) is 91.1 cm³/mol. The monoisotopic (exact) mass is 376 g/mol. The molecule has 0 aromatic heterocycles. The van der Waals surface area contributed by atoms with E-state index < -0.39 is 26.3 Å². The molecule has 126 valence electrons. The molecule has 0 bridgehead atoms. The Hall–Kier alpha value is 0.515. The Bertz CT molecular complexity index is 464. The molecule has 3 aliphatic heterocycles. The second-order valence-electron chi connectivity index (χ2n) is 5.63. The molecule has 0 spiro atoms. The first kappa shape index (κ1) is 18.3. The van der Waals surface area contributed by atoms with Crippen LogP contribution in [-0.2, 0) is 23.0 Å². The van der Waals surface area contributed by atoms with Crippen molar-refractivity contribution >= 4 is 38.0 Å². The number of terminal acetylenes is 1. The van der Waals surface area contributed by atoms with Crippen LogP contribution in [0.1, 0.15) is 6.92 Å². The second-order valence-corrected chi connectivity index (χ2v) is 9.31. The van der Waals surface area contributed by atoms with Gasteiger partial charge in [0.2, 0.25) is 0 Å². The third kappa shape index (κ3) is 4.03. The van der Waals surface area contributed by atoms with E-state index in [9.17, 15) is 5.11 Å². The van der Waals surface area contributed by atoms with Gasteiger partial charge < -0.3 is 28.2 Å². The first-order valence-corrected chi connectivity index (χ1v) is 10.8. The van der Waals surface area contributed by atoms with Crippen molar-refractivity contribution in [2.45, 2.75) is 42.9 Å². The SMILES string of the molecule is [B][C@@H]1O[C@@H]2CO[P@](O[C@@H]3CSSC[C@H]3OCC#C)O[C@H]2[C@@]1(C)O. The molecule has 0 saturated carbocycles. The number of hydrogen-bond acceptors (Lipinski definition) is 8. The van der Waals surface area contributed by atoms with Crippen LogP contribution in [0.15, 0.2) is 0 Å².